The second kappa shape index (κ2) is 5.04. The number of hydrogen-bond donors (Lipinski definition) is 1. The molecule has 0 aliphatic rings. The van der Waals surface area contributed by atoms with Crippen LogP contribution in [-0.2, 0) is 5.75 Å². The van der Waals surface area contributed by atoms with E-state index >= 15 is 0 Å². The molecule has 11 heavy (non-hydrogen) atoms. The van der Waals surface area contributed by atoms with Crippen molar-refractivity contribution < 1.29 is 4.42 Å². The normalized spacial score (nSPS) is 9.82. The van der Waals surface area contributed by atoms with Crippen LogP contribution in [-0.4, -0.2) is 6.54 Å². The third kappa shape index (κ3) is 3.30. The summed E-state index contributed by atoms with van der Waals surface area (Å²) >= 11 is 1.62. The van der Waals surface area contributed by atoms with E-state index in [9.17, 15) is 0 Å². The molecule has 1 heterocycles. The van der Waals surface area contributed by atoms with Gasteiger partial charge in [-0.05, 0) is 12.1 Å². The fraction of sp³-hybridized carbons (Fsp3) is 0.250. The van der Waals surface area contributed by atoms with Gasteiger partial charge in [0.05, 0.1) is 12.0 Å². The van der Waals surface area contributed by atoms with Crippen LogP contribution in [0.15, 0.2) is 35.5 Å². The van der Waals surface area contributed by atoms with E-state index in [1.165, 1.54) is 0 Å². The molecular weight excluding hydrogens is 158 g/mol. The van der Waals surface area contributed by atoms with E-state index in [2.05, 4.69) is 11.3 Å². The van der Waals surface area contributed by atoms with Crippen LogP contribution in [0.3, 0.4) is 0 Å². The van der Waals surface area contributed by atoms with Crippen LogP contribution in [0.2, 0.25) is 0 Å². The number of rotatable bonds is 5. The van der Waals surface area contributed by atoms with Crippen LogP contribution >= 0.6 is 11.9 Å². The van der Waals surface area contributed by atoms with Crippen LogP contribution in [0.1, 0.15) is 5.76 Å². The summed E-state index contributed by atoms with van der Waals surface area (Å²) in [5.41, 5.74) is 0. The Morgan fingerprint density at radius 3 is 3.27 bits per heavy atom. The molecule has 60 valence electrons. The molecule has 1 aromatic rings. The van der Waals surface area contributed by atoms with Crippen LogP contribution < -0.4 is 4.72 Å². The van der Waals surface area contributed by atoms with Crippen molar-refractivity contribution >= 4 is 11.9 Å². The van der Waals surface area contributed by atoms with Crippen LogP contribution in [0.25, 0.3) is 0 Å². The lowest BCUT2D eigenvalue weighted by Gasteiger charge is -1.96. The van der Waals surface area contributed by atoms with Crippen LogP contribution in [0.4, 0.5) is 0 Å². The summed E-state index contributed by atoms with van der Waals surface area (Å²) in [5, 5.41) is 0. The molecule has 3 heteroatoms. The molecule has 0 bridgehead atoms. The lowest BCUT2D eigenvalue weighted by Crippen LogP contribution is -2.01. The first-order valence-corrected chi connectivity index (χ1v) is 4.40. The Morgan fingerprint density at radius 2 is 2.64 bits per heavy atom. The van der Waals surface area contributed by atoms with Gasteiger partial charge in [0.25, 0.3) is 0 Å². The maximum atomic E-state index is 5.13. The van der Waals surface area contributed by atoms with Gasteiger partial charge in [0.1, 0.15) is 5.76 Å². The van der Waals surface area contributed by atoms with Crippen molar-refractivity contribution in [1.29, 1.82) is 0 Å². The first kappa shape index (κ1) is 8.43. The van der Waals surface area contributed by atoms with Crippen molar-refractivity contribution in [2.75, 3.05) is 6.54 Å². The van der Waals surface area contributed by atoms with E-state index in [1.807, 2.05) is 18.2 Å². The molecule has 0 aliphatic heterocycles. The molecule has 1 rings (SSSR count). The Labute approximate surface area is 70.8 Å². The minimum Gasteiger partial charge on any atom is -0.468 e. The predicted octanol–water partition coefficient (Wildman–Crippen LogP) is 2.20. The molecule has 1 N–H and O–H groups in total. The molecule has 1 aromatic heterocycles. The summed E-state index contributed by atoms with van der Waals surface area (Å²) in [6, 6.07) is 3.85. The van der Waals surface area contributed by atoms with E-state index in [-0.39, 0.29) is 0 Å². The third-order valence-corrected chi connectivity index (χ3v) is 1.92. The van der Waals surface area contributed by atoms with E-state index in [1.54, 1.807) is 18.2 Å². The summed E-state index contributed by atoms with van der Waals surface area (Å²) in [7, 11) is 0. The van der Waals surface area contributed by atoms with Crippen molar-refractivity contribution in [2.24, 2.45) is 0 Å². The van der Waals surface area contributed by atoms with Crippen molar-refractivity contribution in [2.45, 2.75) is 5.75 Å². The minimum absolute atomic E-state index is 0.825. The van der Waals surface area contributed by atoms with Gasteiger partial charge >= 0.3 is 0 Å². The zero-order valence-electron chi connectivity index (χ0n) is 6.25. The monoisotopic (exact) mass is 169 g/mol. The van der Waals surface area contributed by atoms with Gasteiger partial charge in [-0.25, -0.2) is 0 Å². The molecule has 0 radical (unpaired) electrons. The van der Waals surface area contributed by atoms with Gasteiger partial charge in [-0.3, -0.25) is 4.72 Å². The topological polar surface area (TPSA) is 25.2 Å². The quantitative estimate of drug-likeness (QED) is 0.415. The van der Waals surface area contributed by atoms with E-state index < -0.39 is 0 Å². The molecule has 0 unspecified atom stereocenters. The highest BCUT2D eigenvalue weighted by Crippen LogP contribution is 2.08. The van der Waals surface area contributed by atoms with Gasteiger partial charge in [-0.15, -0.1) is 6.58 Å². The highest BCUT2D eigenvalue weighted by Gasteiger charge is 1.93. The van der Waals surface area contributed by atoms with Crippen molar-refractivity contribution in [3.63, 3.8) is 0 Å². The molecule has 0 saturated heterocycles. The van der Waals surface area contributed by atoms with E-state index in [4.69, 9.17) is 4.42 Å². The highest BCUT2D eigenvalue weighted by molar-refractivity contribution is 7.96. The van der Waals surface area contributed by atoms with Gasteiger partial charge in [-0.2, -0.15) is 0 Å². The smallest absolute Gasteiger partial charge is 0.114 e. The lowest BCUT2D eigenvalue weighted by molar-refractivity contribution is 0.530. The van der Waals surface area contributed by atoms with E-state index in [0.717, 1.165) is 18.1 Å². The van der Waals surface area contributed by atoms with Crippen LogP contribution in [0, 0.1) is 0 Å². The minimum atomic E-state index is 0.825. The van der Waals surface area contributed by atoms with Crippen molar-refractivity contribution in [3.8, 4) is 0 Å². The second-order valence-electron chi connectivity index (χ2n) is 2.01. The maximum absolute atomic E-state index is 5.13. The fourth-order valence-corrected chi connectivity index (χ4v) is 1.28. The Bertz CT molecular complexity index is 196. The van der Waals surface area contributed by atoms with Crippen LogP contribution in [0.5, 0.6) is 0 Å². The van der Waals surface area contributed by atoms with Gasteiger partial charge < -0.3 is 4.42 Å². The Hall–Kier alpha value is -0.670. The molecule has 0 aliphatic carbocycles. The molecule has 0 aromatic carbocycles. The largest absolute Gasteiger partial charge is 0.468 e. The molecular formula is C8H11NOS. The summed E-state index contributed by atoms with van der Waals surface area (Å²) in [4.78, 5) is 0. The molecule has 0 atom stereocenters. The van der Waals surface area contributed by atoms with Crippen molar-refractivity contribution in [1.82, 2.24) is 4.72 Å². The second-order valence-corrected chi connectivity index (χ2v) is 2.87. The first-order valence-electron chi connectivity index (χ1n) is 3.41. The highest BCUT2D eigenvalue weighted by atomic mass is 32.2. The first-order chi connectivity index (χ1) is 5.43. The SMILES string of the molecule is C=CCNSCc1ccco1. The molecule has 0 saturated carbocycles. The third-order valence-electron chi connectivity index (χ3n) is 1.12. The summed E-state index contributed by atoms with van der Waals surface area (Å²) < 4.78 is 8.24. The molecule has 0 amide bonds. The zero-order chi connectivity index (χ0) is 7.94. The number of furan rings is 1. The summed E-state index contributed by atoms with van der Waals surface area (Å²) in [6.07, 6.45) is 3.51. The maximum Gasteiger partial charge on any atom is 0.114 e. The summed E-state index contributed by atoms with van der Waals surface area (Å²) in [5.74, 6) is 1.85. The standard InChI is InChI=1S/C8H11NOS/c1-2-5-9-11-7-8-4-3-6-10-8/h2-4,6,9H,1,5,7H2. The number of hydrogen-bond acceptors (Lipinski definition) is 3. The molecule has 2 nitrogen and oxygen atoms in total. The zero-order valence-corrected chi connectivity index (χ0v) is 7.06. The fourth-order valence-electron chi connectivity index (χ4n) is 0.635. The van der Waals surface area contributed by atoms with E-state index in [0.29, 0.717) is 0 Å². The van der Waals surface area contributed by atoms with Gasteiger partial charge in [0.2, 0.25) is 0 Å². The van der Waals surface area contributed by atoms with Crippen molar-refractivity contribution in [3.05, 3.63) is 36.8 Å². The Kier molecular flexibility index (Phi) is 3.86. The van der Waals surface area contributed by atoms with Gasteiger partial charge in [0, 0.05) is 6.54 Å². The van der Waals surface area contributed by atoms with Gasteiger partial charge in [-0.1, -0.05) is 18.0 Å². The Balaban J connectivity index is 2.09. The average Bonchev–Trinajstić information content (AvgIpc) is 2.50. The summed E-state index contributed by atoms with van der Waals surface area (Å²) in [6.45, 7) is 4.42. The number of nitrogens with one attached hydrogen (secondary N) is 1. The molecule has 0 fully saturated rings. The predicted molar refractivity (Wildman–Crippen MR) is 48.2 cm³/mol. The lowest BCUT2D eigenvalue weighted by atomic mass is 10.5. The average molecular weight is 169 g/mol. The Morgan fingerprint density at radius 1 is 1.73 bits per heavy atom. The molecule has 0 spiro atoms. The van der Waals surface area contributed by atoms with Gasteiger partial charge in [0.15, 0.2) is 0 Å².